The summed E-state index contributed by atoms with van der Waals surface area (Å²) in [6.45, 7) is 0.230. The summed E-state index contributed by atoms with van der Waals surface area (Å²) in [6.07, 6.45) is -0.200. The van der Waals surface area contributed by atoms with Crippen LogP contribution in [0, 0.1) is 17.1 Å². The van der Waals surface area contributed by atoms with Crippen LogP contribution in [0.5, 0.6) is 5.75 Å². The lowest BCUT2D eigenvalue weighted by atomic mass is 10.2. The van der Waals surface area contributed by atoms with E-state index in [0.29, 0.717) is 17.0 Å². The molecule has 0 spiro atoms. The van der Waals surface area contributed by atoms with Crippen LogP contribution in [0.4, 0.5) is 10.1 Å². The summed E-state index contributed by atoms with van der Waals surface area (Å²) in [5.74, 6) is -0.137. The summed E-state index contributed by atoms with van der Waals surface area (Å²) in [4.78, 5) is 11.3. The molecule has 0 aliphatic heterocycles. The zero-order chi connectivity index (χ0) is 15.1. The predicted octanol–water partition coefficient (Wildman–Crippen LogP) is 3.26. The smallest absolute Gasteiger partial charge is 0.238 e. The first-order valence-electron chi connectivity index (χ1n) is 6.31. The van der Waals surface area contributed by atoms with E-state index in [2.05, 4.69) is 5.32 Å². The molecule has 106 valence electrons. The molecule has 2 aromatic rings. The fourth-order valence-corrected chi connectivity index (χ4v) is 1.73. The van der Waals surface area contributed by atoms with E-state index in [1.807, 2.05) is 0 Å². The Kier molecular flexibility index (Phi) is 4.89. The number of benzene rings is 2. The SMILES string of the molecule is N#CCC(=O)Nc1cccc(OCc2cccc(F)c2)c1. The maximum absolute atomic E-state index is 13.0. The van der Waals surface area contributed by atoms with Crippen LogP contribution in [-0.2, 0) is 11.4 Å². The van der Waals surface area contributed by atoms with Crippen molar-refractivity contribution in [2.45, 2.75) is 13.0 Å². The minimum atomic E-state index is -0.375. The average molecular weight is 284 g/mol. The summed E-state index contributed by atoms with van der Waals surface area (Å²) in [7, 11) is 0. The van der Waals surface area contributed by atoms with Crippen molar-refractivity contribution in [3.8, 4) is 11.8 Å². The van der Waals surface area contributed by atoms with Crippen molar-refractivity contribution >= 4 is 11.6 Å². The number of rotatable bonds is 5. The molecule has 1 amide bonds. The number of anilines is 1. The molecule has 1 N–H and O–H groups in total. The van der Waals surface area contributed by atoms with E-state index in [1.165, 1.54) is 12.1 Å². The Bertz CT molecular complexity index is 680. The number of halogens is 1. The van der Waals surface area contributed by atoms with E-state index in [1.54, 1.807) is 42.5 Å². The number of amides is 1. The molecule has 0 heterocycles. The maximum atomic E-state index is 13.0. The first-order valence-corrected chi connectivity index (χ1v) is 6.31. The van der Waals surface area contributed by atoms with Crippen molar-refractivity contribution in [1.29, 1.82) is 5.26 Å². The number of nitriles is 1. The number of hydrogen-bond acceptors (Lipinski definition) is 3. The van der Waals surface area contributed by atoms with Crippen molar-refractivity contribution in [2.24, 2.45) is 0 Å². The maximum Gasteiger partial charge on any atom is 0.238 e. The zero-order valence-electron chi connectivity index (χ0n) is 11.2. The highest BCUT2D eigenvalue weighted by atomic mass is 19.1. The van der Waals surface area contributed by atoms with Crippen LogP contribution < -0.4 is 10.1 Å². The van der Waals surface area contributed by atoms with Gasteiger partial charge in [-0.25, -0.2) is 4.39 Å². The first-order chi connectivity index (χ1) is 10.2. The van der Waals surface area contributed by atoms with Crippen molar-refractivity contribution in [3.63, 3.8) is 0 Å². The largest absolute Gasteiger partial charge is 0.489 e. The second-order valence-electron chi connectivity index (χ2n) is 4.33. The number of nitrogens with zero attached hydrogens (tertiary/aromatic N) is 1. The van der Waals surface area contributed by atoms with Crippen molar-refractivity contribution in [3.05, 3.63) is 59.9 Å². The Morgan fingerprint density at radius 2 is 2.05 bits per heavy atom. The third-order valence-corrected chi connectivity index (χ3v) is 2.65. The highest BCUT2D eigenvalue weighted by Gasteiger charge is 2.03. The molecule has 0 aromatic heterocycles. The summed E-state index contributed by atoms with van der Waals surface area (Å²) >= 11 is 0. The van der Waals surface area contributed by atoms with Crippen LogP contribution in [0.25, 0.3) is 0 Å². The minimum absolute atomic E-state index is 0.200. The number of nitrogens with one attached hydrogen (secondary N) is 1. The van der Waals surface area contributed by atoms with Crippen molar-refractivity contribution in [2.75, 3.05) is 5.32 Å². The highest BCUT2D eigenvalue weighted by molar-refractivity contribution is 5.92. The van der Waals surface area contributed by atoms with Gasteiger partial charge in [0.05, 0.1) is 6.07 Å². The van der Waals surface area contributed by atoms with Gasteiger partial charge in [-0.2, -0.15) is 5.26 Å². The van der Waals surface area contributed by atoms with Gasteiger partial charge in [-0.05, 0) is 29.8 Å². The van der Waals surface area contributed by atoms with Gasteiger partial charge < -0.3 is 10.1 Å². The quantitative estimate of drug-likeness (QED) is 0.916. The molecule has 0 bridgehead atoms. The Balaban J connectivity index is 1.98. The lowest BCUT2D eigenvalue weighted by Gasteiger charge is -2.08. The normalized spacial score (nSPS) is 9.71. The van der Waals surface area contributed by atoms with Gasteiger partial charge in [0.2, 0.25) is 5.91 Å². The second-order valence-corrected chi connectivity index (χ2v) is 4.33. The molecule has 0 atom stereocenters. The molecule has 0 saturated carbocycles. The Morgan fingerprint density at radius 1 is 1.24 bits per heavy atom. The van der Waals surface area contributed by atoms with Crippen LogP contribution in [-0.4, -0.2) is 5.91 Å². The van der Waals surface area contributed by atoms with Gasteiger partial charge >= 0.3 is 0 Å². The van der Waals surface area contributed by atoms with Crippen LogP contribution in [0.2, 0.25) is 0 Å². The van der Waals surface area contributed by atoms with Crippen LogP contribution in [0.1, 0.15) is 12.0 Å². The number of carbonyl (C=O) groups excluding carboxylic acids is 1. The topological polar surface area (TPSA) is 62.1 Å². The van der Waals surface area contributed by atoms with Gasteiger partial charge in [-0.15, -0.1) is 0 Å². The molecule has 4 nitrogen and oxygen atoms in total. The van der Waals surface area contributed by atoms with Gasteiger partial charge in [0, 0.05) is 11.8 Å². The zero-order valence-corrected chi connectivity index (χ0v) is 11.2. The molecular weight excluding hydrogens is 271 g/mol. The molecule has 0 fully saturated rings. The van der Waals surface area contributed by atoms with Gasteiger partial charge in [0.15, 0.2) is 0 Å². The van der Waals surface area contributed by atoms with Gasteiger partial charge in [0.1, 0.15) is 24.6 Å². The monoisotopic (exact) mass is 284 g/mol. The summed E-state index contributed by atoms with van der Waals surface area (Å²) in [5, 5.41) is 11.0. The molecule has 0 saturated heterocycles. The van der Waals surface area contributed by atoms with Crippen LogP contribution >= 0.6 is 0 Å². The third kappa shape index (κ3) is 4.62. The predicted molar refractivity (Wildman–Crippen MR) is 76.0 cm³/mol. The lowest BCUT2D eigenvalue weighted by Crippen LogP contribution is -2.10. The Labute approximate surface area is 121 Å². The molecule has 21 heavy (non-hydrogen) atoms. The molecule has 5 heteroatoms. The highest BCUT2D eigenvalue weighted by Crippen LogP contribution is 2.19. The van der Waals surface area contributed by atoms with E-state index in [-0.39, 0.29) is 24.8 Å². The Hall–Kier alpha value is -2.87. The molecule has 0 aliphatic rings. The fraction of sp³-hybridized carbons (Fsp3) is 0.125. The molecule has 2 rings (SSSR count). The summed E-state index contributed by atoms with van der Waals surface area (Å²) < 4.78 is 18.6. The second kappa shape index (κ2) is 7.06. The first kappa shape index (κ1) is 14.5. The van der Waals surface area contributed by atoms with E-state index in [9.17, 15) is 9.18 Å². The lowest BCUT2D eigenvalue weighted by molar-refractivity contribution is -0.115. The summed E-state index contributed by atoms with van der Waals surface area (Å²) in [6, 6.07) is 14.7. The number of hydrogen-bond donors (Lipinski definition) is 1. The Morgan fingerprint density at radius 3 is 2.81 bits per heavy atom. The third-order valence-electron chi connectivity index (χ3n) is 2.65. The average Bonchev–Trinajstić information content (AvgIpc) is 2.46. The van der Waals surface area contributed by atoms with Crippen molar-refractivity contribution in [1.82, 2.24) is 0 Å². The van der Waals surface area contributed by atoms with E-state index in [0.717, 1.165) is 0 Å². The van der Waals surface area contributed by atoms with Gasteiger partial charge in [-0.3, -0.25) is 4.79 Å². The van der Waals surface area contributed by atoms with Crippen LogP contribution in [0.3, 0.4) is 0 Å². The molecule has 0 unspecified atom stereocenters. The minimum Gasteiger partial charge on any atom is -0.489 e. The summed E-state index contributed by atoms with van der Waals surface area (Å²) in [5.41, 5.74) is 1.26. The molecule has 0 aliphatic carbocycles. The van der Waals surface area contributed by atoms with Crippen molar-refractivity contribution < 1.29 is 13.9 Å². The fourth-order valence-electron chi connectivity index (χ4n) is 1.73. The number of ether oxygens (including phenoxy) is 1. The molecule has 2 aromatic carbocycles. The van der Waals surface area contributed by atoms with Crippen LogP contribution in [0.15, 0.2) is 48.5 Å². The van der Waals surface area contributed by atoms with E-state index in [4.69, 9.17) is 10.00 Å². The standard InChI is InChI=1S/C16H13FN2O2/c17-13-4-1-3-12(9-13)11-21-15-6-2-5-14(10-15)19-16(20)7-8-18/h1-6,9-10H,7,11H2,(H,19,20). The van der Waals surface area contributed by atoms with Gasteiger partial charge in [-0.1, -0.05) is 18.2 Å². The van der Waals surface area contributed by atoms with Gasteiger partial charge in [0.25, 0.3) is 0 Å². The molecular formula is C16H13FN2O2. The number of carbonyl (C=O) groups is 1. The molecule has 0 radical (unpaired) electrons. The van der Waals surface area contributed by atoms with E-state index < -0.39 is 0 Å². The van der Waals surface area contributed by atoms with E-state index >= 15 is 0 Å².